The van der Waals surface area contributed by atoms with Crippen LogP contribution in [0.4, 0.5) is 29.5 Å². The molecule has 1 aromatic carbocycles. The summed E-state index contributed by atoms with van der Waals surface area (Å²) >= 11 is 6.06. The lowest BCUT2D eigenvalue weighted by Crippen LogP contribution is -2.50. The van der Waals surface area contributed by atoms with E-state index in [9.17, 15) is 18.0 Å². The van der Waals surface area contributed by atoms with Gasteiger partial charge in [0.1, 0.15) is 5.82 Å². The summed E-state index contributed by atoms with van der Waals surface area (Å²) in [7, 11) is 0. The van der Waals surface area contributed by atoms with Crippen molar-refractivity contribution in [1.82, 2.24) is 9.88 Å². The Morgan fingerprint density at radius 2 is 1.85 bits per heavy atom. The van der Waals surface area contributed by atoms with Crippen molar-refractivity contribution in [2.24, 2.45) is 0 Å². The topological polar surface area (TPSA) is 48.5 Å². The predicted molar refractivity (Wildman–Crippen MR) is 98.2 cm³/mol. The van der Waals surface area contributed by atoms with Crippen molar-refractivity contribution in [2.45, 2.75) is 13.1 Å². The van der Waals surface area contributed by atoms with E-state index in [1.54, 1.807) is 17.0 Å². The molecule has 0 spiro atoms. The van der Waals surface area contributed by atoms with Gasteiger partial charge in [0, 0.05) is 43.1 Å². The zero-order valence-electron chi connectivity index (χ0n) is 14.6. The van der Waals surface area contributed by atoms with Gasteiger partial charge in [0.25, 0.3) is 0 Å². The number of pyridine rings is 1. The van der Waals surface area contributed by atoms with Crippen molar-refractivity contribution in [3.8, 4) is 0 Å². The monoisotopic (exact) mass is 398 g/mol. The van der Waals surface area contributed by atoms with Crippen LogP contribution in [0.15, 0.2) is 36.5 Å². The molecule has 0 bridgehead atoms. The molecule has 0 atom stereocenters. The van der Waals surface area contributed by atoms with Gasteiger partial charge in [-0.25, -0.2) is 9.78 Å². The quantitative estimate of drug-likeness (QED) is 0.814. The molecule has 2 amide bonds. The maximum Gasteiger partial charge on any atom is 0.417 e. The number of carbonyl (C=O) groups is 1. The number of halogens is 4. The lowest BCUT2D eigenvalue weighted by atomic mass is 10.2. The third-order valence-electron chi connectivity index (χ3n) is 4.39. The molecule has 5 nitrogen and oxygen atoms in total. The smallest absolute Gasteiger partial charge is 0.353 e. The van der Waals surface area contributed by atoms with Gasteiger partial charge in [0.2, 0.25) is 0 Å². The molecule has 2 heterocycles. The first kappa shape index (κ1) is 19.3. The van der Waals surface area contributed by atoms with Gasteiger partial charge in [0.05, 0.1) is 5.56 Å². The van der Waals surface area contributed by atoms with E-state index in [0.717, 1.165) is 17.8 Å². The van der Waals surface area contributed by atoms with E-state index in [-0.39, 0.29) is 6.03 Å². The average Bonchev–Trinajstić information content (AvgIpc) is 2.64. The third kappa shape index (κ3) is 4.63. The molecule has 0 saturated carbocycles. The van der Waals surface area contributed by atoms with Crippen LogP contribution in [0, 0.1) is 6.92 Å². The van der Waals surface area contributed by atoms with Crippen molar-refractivity contribution < 1.29 is 18.0 Å². The van der Waals surface area contributed by atoms with Crippen LogP contribution >= 0.6 is 11.6 Å². The average molecular weight is 399 g/mol. The maximum atomic E-state index is 12.6. The van der Waals surface area contributed by atoms with Crippen LogP contribution in [-0.2, 0) is 6.18 Å². The molecule has 144 valence electrons. The number of aryl methyl sites for hydroxylation is 1. The van der Waals surface area contributed by atoms with Crippen molar-refractivity contribution in [1.29, 1.82) is 0 Å². The number of hydrogen-bond donors (Lipinski definition) is 1. The lowest BCUT2D eigenvalue weighted by molar-refractivity contribution is -0.137. The van der Waals surface area contributed by atoms with Gasteiger partial charge in [0.15, 0.2) is 0 Å². The van der Waals surface area contributed by atoms with Crippen LogP contribution < -0.4 is 10.2 Å². The molecule has 9 heteroatoms. The van der Waals surface area contributed by atoms with Gasteiger partial charge in [-0.1, -0.05) is 17.7 Å². The van der Waals surface area contributed by atoms with Crippen molar-refractivity contribution >= 4 is 29.1 Å². The summed E-state index contributed by atoms with van der Waals surface area (Å²) < 4.78 is 37.8. The number of nitrogens with zero attached hydrogens (tertiary/aromatic N) is 3. The van der Waals surface area contributed by atoms with Gasteiger partial charge in [-0.3, -0.25) is 0 Å². The molecular weight excluding hydrogens is 381 g/mol. The molecule has 0 unspecified atom stereocenters. The SMILES string of the molecule is Cc1ccc(NC(=O)N2CCN(c3ccc(C(F)(F)F)cn3)CC2)cc1Cl. The minimum absolute atomic E-state index is 0.241. The first-order chi connectivity index (χ1) is 12.7. The summed E-state index contributed by atoms with van der Waals surface area (Å²) in [5.41, 5.74) is 0.760. The molecule has 1 aliphatic rings. The Labute approximate surface area is 159 Å². The fourth-order valence-electron chi connectivity index (χ4n) is 2.75. The fourth-order valence-corrected chi connectivity index (χ4v) is 2.93. The van der Waals surface area contributed by atoms with Crippen LogP contribution in [-0.4, -0.2) is 42.1 Å². The lowest BCUT2D eigenvalue weighted by Gasteiger charge is -2.35. The number of hydrogen-bond acceptors (Lipinski definition) is 3. The Kier molecular flexibility index (Phi) is 5.46. The Bertz CT molecular complexity index is 818. The standard InChI is InChI=1S/C18H18ClF3N4O/c1-12-2-4-14(10-15(12)19)24-17(27)26-8-6-25(7-9-26)16-5-3-13(11-23-16)18(20,21)22/h2-5,10-11H,6-9H2,1H3,(H,24,27). The number of piperazine rings is 1. The van der Waals surface area contributed by atoms with Crippen molar-refractivity contribution in [3.05, 3.63) is 52.7 Å². The number of alkyl halides is 3. The van der Waals surface area contributed by atoms with E-state index in [2.05, 4.69) is 10.3 Å². The van der Waals surface area contributed by atoms with E-state index in [1.807, 2.05) is 17.9 Å². The van der Waals surface area contributed by atoms with Gasteiger partial charge < -0.3 is 15.1 Å². The molecule has 27 heavy (non-hydrogen) atoms. The number of rotatable bonds is 2. The number of nitrogens with one attached hydrogen (secondary N) is 1. The number of aromatic nitrogens is 1. The number of benzene rings is 1. The highest BCUT2D eigenvalue weighted by Gasteiger charge is 2.31. The molecule has 0 aliphatic carbocycles. The Balaban J connectivity index is 1.56. The highest BCUT2D eigenvalue weighted by atomic mass is 35.5. The van der Waals surface area contributed by atoms with Crippen LogP contribution in [0.25, 0.3) is 0 Å². The molecule has 2 aromatic rings. The second kappa shape index (κ2) is 7.64. The largest absolute Gasteiger partial charge is 0.417 e. The summed E-state index contributed by atoms with van der Waals surface area (Å²) in [6.07, 6.45) is -3.57. The van der Waals surface area contributed by atoms with Crippen LogP contribution in [0.1, 0.15) is 11.1 Å². The molecule has 3 rings (SSSR count). The summed E-state index contributed by atoms with van der Waals surface area (Å²) in [6, 6.07) is 7.43. The molecule has 1 N–H and O–H groups in total. The summed E-state index contributed by atoms with van der Waals surface area (Å²) in [5.74, 6) is 0.466. The van der Waals surface area contributed by atoms with Crippen molar-refractivity contribution in [2.75, 3.05) is 36.4 Å². The minimum atomic E-state index is -4.40. The summed E-state index contributed by atoms with van der Waals surface area (Å²) in [4.78, 5) is 19.8. The zero-order chi connectivity index (χ0) is 19.6. The molecule has 0 radical (unpaired) electrons. The zero-order valence-corrected chi connectivity index (χ0v) is 15.3. The number of amides is 2. The number of anilines is 2. The van der Waals surface area contributed by atoms with Gasteiger partial charge in [-0.2, -0.15) is 13.2 Å². The number of urea groups is 1. The molecule has 1 saturated heterocycles. The minimum Gasteiger partial charge on any atom is -0.353 e. The second-order valence-corrected chi connectivity index (χ2v) is 6.68. The Morgan fingerprint density at radius 1 is 1.15 bits per heavy atom. The van der Waals surface area contributed by atoms with Gasteiger partial charge >= 0.3 is 12.2 Å². The van der Waals surface area contributed by atoms with Crippen LogP contribution in [0.3, 0.4) is 0 Å². The summed E-state index contributed by atoms with van der Waals surface area (Å²) in [6.45, 7) is 3.73. The van der Waals surface area contributed by atoms with Crippen LogP contribution in [0.2, 0.25) is 5.02 Å². The maximum absolute atomic E-state index is 12.6. The van der Waals surface area contributed by atoms with E-state index in [1.165, 1.54) is 6.07 Å². The molecule has 1 fully saturated rings. The highest BCUT2D eigenvalue weighted by molar-refractivity contribution is 6.31. The van der Waals surface area contributed by atoms with E-state index >= 15 is 0 Å². The first-order valence-electron chi connectivity index (χ1n) is 8.34. The Morgan fingerprint density at radius 3 is 2.41 bits per heavy atom. The van der Waals surface area contributed by atoms with E-state index in [0.29, 0.717) is 42.7 Å². The number of carbonyl (C=O) groups excluding carboxylic acids is 1. The molecule has 1 aliphatic heterocycles. The van der Waals surface area contributed by atoms with Crippen LogP contribution in [0.5, 0.6) is 0 Å². The highest BCUT2D eigenvalue weighted by Crippen LogP contribution is 2.29. The van der Waals surface area contributed by atoms with Crippen molar-refractivity contribution in [3.63, 3.8) is 0 Å². The molecular formula is C18H18ClF3N4O. The fraction of sp³-hybridized carbons (Fsp3) is 0.333. The summed E-state index contributed by atoms with van der Waals surface area (Å²) in [5, 5.41) is 3.38. The van der Waals surface area contributed by atoms with E-state index < -0.39 is 11.7 Å². The first-order valence-corrected chi connectivity index (χ1v) is 8.72. The predicted octanol–water partition coefficient (Wildman–Crippen LogP) is 4.42. The Hall–Kier alpha value is -2.48. The second-order valence-electron chi connectivity index (χ2n) is 6.27. The normalized spacial score (nSPS) is 15.0. The van der Waals surface area contributed by atoms with Gasteiger partial charge in [-0.05, 0) is 36.8 Å². The molecule has 1 aromatic heterocycles. The third-order valence-corrected chi connectivity index (χ3v) is 4.80. The van der Waals surface area contributed by atoms with Gasteiger partial charge in [-0.15, -0.1) is 0 Å². The van der Waals surface area contributed by atoms with E-state index in [4.69, 9.17) is 11.6 Å².